The monoisotopic (exact) mass is 447 g/mol. The van der Waals surface area contributed by atoms with Crippen LogP contribution in [0.3, 0.4) is 0 Å². The van der Waals surface area contributed by atoms with E-state index in [1.165, 1.54) is 35.6 Å². The fourth-order valence-corrected chi connectivity index (χ4v) is 3.33. The van der Waals surface area contributed by atoms with E-state index in [0.717, 1.165) is 0 Å². The smallest absolute Gasteiger partial charge is 0.261 e. The number of amides is 1. The topological polar surface area (TPSA) is 151 Å². The summed E-state index contributed by atoms with van der Waals surface area (Å²) in [5.41, 5.74) is 0.715. The van der Waals surface area contributed by atoms with Gasteiger partial charge in [-0.1, -0.05) is 0 Å². The molecule has 0 unspecified atom stereocenters. The molecule has 3 heterocycles. The summed E-state index contributed by atoms with van der Waals surface area (Å²) >= 11 is 0. The molecule has 33 heavy (non-hydrogen) atoms. The second kappa shape index (κ2) is 8.70. The van der Waals surface area contributed by atoms with Crippen LogP contribution in [0.25, 0.3) is 16.9 Å². The zero-order valence-electron chi connectivity index (χ0n) is 17.9. The first-order chi connectivity index (χ1) is 15.8. The number of rotatable bonds is 7. The van der Waals surface area contributed by atoms with Crippen molar-refractivity contribution in [2.45, 2.75) is 19.1 Å². The largest absolute Gasteiger partial charge is 0.496 e. The predicted octanol–water partition coefficient (Wildman–Crippen LogP) is 1.47. The van der Waals surface area contributed by atoms with Gasteiger partial charge in [-0.05, 0) is 31.2 Å². The number of nitrogens with one attached hydrogen (secondary N) is 1. The van der Waals surface area contributed by atoms with Crippen molar-refractivity contribution in [2.75, 3.05) is 19.0 Å². The standard InChI is InChI=1S/C22H21N7O4/c1-22(32,13-30)12-28-11-17(19(27-28)15-8-14(9-23)4-5-18(15)33-2)26-21(31)16-10-25-29-7-3-6-24-20(16)29/h3-8,10-11,30,32H,12-13H2,1-2H3,(H,26,31)/t22-/m1/s1. The molecule has 1 atom stereocenters. The van der Waals surface area contributed by atoms with Gasteiger partial charge in [0.25, 0.3) is 5.91 Å². The number of nitriles is 1. The van der Waals surface area contributed by atoms with Crippen molar-refractivity contribution < 1.29 is 19.7 Å². The van der Waals surface area contributed by atoms with Gasteiger partial charge >= 0.3 is 0 Å². The molecule has 0 saturated heterocycles. The Morgan fingerprint density at radius 1 is 1.39 bits per heavy atom. The number of nitrogens with zero attached hydrogens (tertiary/aromatic N) is 6. The van der Waals surface area contributed by atoms with Gasteiger partial charge in [0.1, 0.15) is 22.6 Å². The number of anilines is 1. The predicted molar refractivity (Wildman–Crippen MR) is 118 cm³/mol. The zero-order chi connectivity index (χ0) is 23.6. The van der Waals surface area contributed by atoms with E-state index < -0.39 is 18.1 Å². The van der Waals surface area contributed by atoms with Crippen LogP contribution in [0.4, 0.5) is 5.69 Å². The number of carbonyl (C=O) groups is 1. The number of carbonyl (C=O) groups excluding carboxylic acids is 1. The lowest BCUT2D eigenvalue weighted by molar-refractivity contribution is -0.0144. The highest BCUT2D eigenvalue weighted by atomic mass is 16.5. The summed E-state index contributed by atoms with van der Waals surface area (Å²) in [6.07, 6.45) is 6.19. The number of ether oxygens (including phenoxy) is 1. The Bertz CT molecular complexity index is 1370. The lowest BCUT2D eigenvalue weighted by Gasteiger charge is -2.19. The highest BCUT2D eigenvalue weighted by Crippen LogP contribution is 2.35. The van der Waals surface area contributed by atoms with Crippen LogP contribution in [0.2, 0.25) is 0 Å². The minimum atomic E-state index is -1.44. The maximum atomic E-state index is 13.1. The molecular weight excluding hydrogens is 426 g/mol. The molecule has 4 rings (SSSR count). The van der Waals surface area contributed by atoms with Crippen LogP contribution in [0.1, 0.15) is 22.8 Å². The number of fused-ring (bicyclic) bond motifs is 1. The third-order valence-corrected chi connectivity index (χ3v) is 4.96. The fourth-order valence-electron chi connectivity index (χ4n) is 3.33. The zero-order valence-corrected chi connectivity index (χ0v) is 17.9. The fraction of sp³-hybridized carbons (Fsp3) is 0.227. The first-order valence-electron chi connectivity index (χ1n) is 9.94. The highest BCUT2D eigenvalue weighted by molar-refractivity contribution is 6.09. The Kier molecular flexibility index (Phi) is 5.78. The molecule has 168 valence electrons. The first kappa shape index (κ1) is 21.9. The number of benzene rings is 1. The summed E-state index contributed by atoms with van der Waals surface area (Å²) in [7, 11) is 1.49. The summed E-state index contributed by atoms with van der Waals surface area (Å²) in [6.45, 7) is 0.949. The number of methoxy groups -OCH3 is 1. The van der Waals surface area contributed by atoms with Crippen molar-refractivity contribution in [3.63, 3.8) is 0 Å². The molecule has 0 radical (unpaired) electrons. The van der Waals surface area contributed by atoms with E-state index in [1.54, 1.807) is 36.7 Å². The molecule has 4 aromatic rings. The van der Waals surface area contributed by atoms with E-state index in [1.807, 2.05) is 0 Å². The molecular formula is C22H21N7O4. The van der Waals surface area contributed by atoms with Crippen LogP contribution in [0, 0.1) is 11.3 Å². The molecule has 0 spiro atoms. The number of aromatic nitrogens is 5. The van der Waals surface area contributed by atoms with E-state index in [9.17, 15) is 20.3 Å². The molecule has 1 amide bonds. The van der Waals surface area contributed by atoms with Crippen LogP contribution in [-0.4, -0.2) is 59.8 Å². The molecule has 3 N–H and O–H groups in total. The van der Waals surface area contributed by atoms with Crippen LogP contribution in [0.15, 0.2) is 49.1 Å². The van der Waals surface area contributed by atoms with E-state index in [4.69, 9.17) is 4.74 Å². The normalized spacial score (nSPS) is 12.8. The third-order valence-electron chi connectivity index (χ3n) is 4.96. The van der Waals surface area contributed by atoms with Gasteiger partial charge in [-0.3, -0.25) is 9.48 Å². The minimum absolute atomic E-state index is 0.0368. The molecule has 11 nitrogen and oxygen atoms in total. The van der Waals surface area contributed by atoms with Crippen LogP contribution >= 0.6 is 0 Å². The van der Waals surface area contributed by atoms with Crippen molar-refractivity contribution in [1.82, 2.24) is 24.4 Å². The molecule has 0 saturated carbocycles. The Morgan fingerprint density at radius 2 is 2.21 bits per heavy atom. The molecule has 3 aromatic heterocycles. The number of hydrogen-bond acceptors (Lipinski definition) is 8. The van der Waals surface area contributed by atoms with Crippen molar-refractivity contribution in [2.24, 2.45) is 0 Å². The van der Waals surface area contributed by atoms with Crippen LogP contribution in [0.5, 0.6) is 5.75 Å². The van der Waals surface area contributed by atoms with E-state index in [2.05, 4.69) is 26.6 Å². The summed E-state index contributed by atoms with van der Waals surface area (Å²) in [6, 6.07) is 8.62. The summed E-state index contributed by atoms with van der Waals surface area (Å²) in [5.74, 6) is -0.0184. The van der Waals surface area contributed by atoms with Gasteiger partial charge in [0, 0.05) is 24.2 Å². The molecule has 1 aromatic carbocycles. The van der Waals surface area contributed by atoms with Crippen molar-refractivity contribution in [3.8, 4) is 23.1 Å². The SMILES string of the molecule is COc1ccc(C#N)cc1-c1nn(C[C@@](C)(O)CO)cc1NC(=O)c1cnn2cccnc12. The van der Waals surface area contributed by atoms with E-state index in [0.29, 0.717) is 33.9 Å². The quantitative estimate of drug-likeness (QED) is 0.385. The van der Waals surface area contributed by atoms with Gasteiger partial charge in [-0.25, -0.2) is 9.50 Å². The summed E-state index contributed by atoms with van der Waals surface area (Å²) in [5, 5.41) is 40.5. The Hall–Kier alpha value is -4.27. The molecule has 0 aliphatic rings. The second-order valence-electron chi connectivity index (χ2n) is 7.67. The molecule has 11 heteroatoms. The molecule has 0 fully saturated rings. The van der Waals surface area contributed by atoms with Crippen LogP contribution < -0.4 is 10.1 Å². The van der Waals surface area contributed by atoms with E-state index >= 15 is 0 Å². The lowest BCUT2D eigenvalue weighted by Crippen LogP contribution is -2.34. The maximum Gasteiger partial charge on any atom is 0.261 e. The summed E-state index contributed by atoms with van der Waals surface area (Å²) in [4.78, 5) is 17.3. The maximum absolute atomic E-state index is 13.1. The molecule has 0 bridgehead atoms. The van der Waals surface area contributed by atoms with Gasteiger partial charge in [-0.15, -0.1) is 0 Å². The second-order valence-corrected chi connectivity index (χ2v) is 7.67. The van der Waals surface area contributed by atoms with Crippen molar-refractivity contribution in [3.05, 3.63) is 60.2 Å². The average Bonchev–Trinajstić information content (AvgIpc) is 3.42. The third kappa shape index (κ3) is 4.38. The van der Waals surface area contributed by atoms with E-state index in [-0.39, 0.29) is 12.1 Å². The molecule has 0 aliphatic heterocycles. The average molecular weight is 447 g/mol. The van der Waals surface area contributed by atoms with Gasteiger partial charge < -0.3 is 20.3 Å². The van der Waals surface area contributed by atoms with Gasteiger partial charge in [0.15, 0.2) is 5.65 Å². The lowest BCUT2D eigenvalue weighted by atomic mass is 10.1. The molecule has 0 aliphatic carbocycles. The highest BCUT2D eigenvalue weighted by Gasteiger charge is 2.24. The van der Waals surface area contributed by atoms with Gasteiger partial charge in [0.05, 0.1) is 43.8 Å². The Labute approximate surface area is 188 Å². The number of aliphatic hydroxyl groups excluding tert-OH is 1. The minimum Gasteiger partial charge on any atom is -0.496 e. The Morgan fingerprint density at radius 3 is 2.94 bits per heavy atom. The van der Waals surface area contributed by atoms with Gasteiger partial charge in [-0.2, -0.15) is 15.5 Å². The summed E-state index contributed by atoms with van der Waals surface area (Å²) < 4.78 is 8.33. The van der Waals surface area contributed by atoms with Crippen molar-refractivity contribution in [1.29, 1.82) is 5.26 Å². The number of hydrogen-bond donors (Lipinski definition) is 3. The van der Waals surface area contributed by atoms with Crippen molar-refractivity contribution >= 4 is 17.2 Å². The van der Waals surface area contributed by atoms with Crippen LogP contribution in [-0.2, 0) is 6.54 Å². The van der Waals surface area contributed by atoms with Gasteiger partial charge in [0.2, 0.25) is 0 Å². The Balaban J connectivity index is 1.79. The number of aliphatic hydroxyl groups is 2. The first-order valence-corrected chi connectivity index (χ1v) is 9.94.